The molecule has 0 bridgehead atoms. The third-order valence-corrected chi connectivity index (χ3v) is 6.60. The first-order chi connectivity index (χ1) is 18.5. The Morgan fingerprint density at radius 1 is 1.03 bits per heavy atom. The molecule has 1 aliphatic heterocycles. The molecule has 11 heteroatoms. The van der Waals surface area contributed by atoms with Crippen LogP contribution in [-0.4, -0.2) is 44.6 Å². The highest BCUT2D eigenvalue weighted by Gasteiger charge is 2.36. The molecule has 5 rings (SSSR count). The van der Waals surface area contributed by atoms with Crippen molar-refractivity contribution in [2.75, 3.05) is 18.4 Å². The summed E-state index contributed by atoms with van der Waals surface area (Å²) in [5.74, 6) is -2.25. The van der Waals surface area contributed by atoms with Crippen molar-refractivity contribution >= 4 is 17.5 Å². The fourth-order valence-electron chi connectivity index (χ4n) is 4.48. The third-order valence-electron chi connectivity index (χ3n) is 6.60. The number of likely N-dealkylation sites (tertiary alicyclic amines) is 1. The van der Waals surface area contributed by atoms with E-state index >= 15 is 0 Å². The Balaban J connectivity index is 1.51. The summed E-state index contributed by atoms with van der Waals surface area (Å²) < 4.78 is 57.4. The van der Waals surface area contributed by atoms with Crippen LogP contribution in [0.15, 0.2) is 66.9 Å². The molecule has 7 nitrogen and oxygen atoms in total. The summed E-state index contributed by atoms with van der Waals surface area (Å²) in [6, 6.07) is 14.9. The van der Waals surface area contributed by atoms with Crippen molar-refractivity contribution in [1.82, 2.24) is 19.7 Å². The topological polar surface area (TPSA) is 80.1 Å². The average Bonchev–Trinajstić information content (AvgIpc) is 3.29. The van der Waals surface area contributed by atoms with Crippen molar-refractivity contribution in [3.8, 4) is 22.5 Å². The predicted molar refractivity (Wildman–Crippen MR) is 136 cm³/mol. The molecule has 2 aromatic carbocycles. The van der Waals surface area contributed by atoms with Crippen LogP contribution < -0.4 is 5.32 Å². The molecule has 39 heavy (non-hydrogen) atoms. The number of halogens is 4. The summed E-state index contributed by atoms with van der Waals surface area (Å²) in [5.41, 5.74) is -0.172. The largest absolute Gasteiger partial charge is 0.417 e. The van der Waals surface area contributed by atoms with Crippen LogP contribution in [0.4, 0.5) is 23.2 Å². The summed E-state index contributed by atoms with van der Waals surface area (Å²) in [5, 5.41) is 6.63. The van der Waals surface area contributed by atoms with Gasteiger partial charge in [-0.3, -0.25) is 19.3 Å². The van der Waals surface area contributed by atoms with E-state index in [9.17, 15) is 27.2 Å². The number of carbonyl (C=O) groups is 2. The minimum Gasteiger partial charge on any atom is -0.341 e. The van der Waals surface area contributed by atoms with Crippen LogP contribution in [0.2, 0.25) is 0 Å². The molecule has 0 aliphatic carbocycles. The zero-order valence-corrected chi connectivity index (χ0v) is 21.0. The van der Waals surface area contributed by atoms with Gasteiger partial charge < -0.3 is 10.2 Å². The van der Waals surface area contributed by atoms with Gasteiger partial charge in [0.15, 0.2) is 0 Å². The molecular weight excluding hydrogens is 514 g/mol. The lowest BCUT2D eigenvalue weighted by molar-refractivity contribution is -0.137. The van der Waals surface area contributed by atoms with Gasteiger partial charge in [0.1, 0.15) is 5.82 Å². The van der Waals surface area contributed by atoms with Crippen LogP contribution >= 0.6 is 0 Å². The molecule has 1 aliphatic rings. The second kappa shape index (κ2) is 9.97. The van der Waals surface area contributed by atoms with E-state index in [0.29, 0.717) is 30.4 Å². The smallest absolute Gasteiger partial charge is 0.341 e. The summed E-state index contributed by atoms with van der Waals surface area (Å²) in [7, 11) is 1.54. The van der Waals surface area contributed by atoms with Gasteiger partial charge >= 0.3 is 6.18 Å². The van der Waals surface area contributed by atoms with Gasteiger partial charge in [-0.1, -0.05) is 30.3 Å². The van der Waals surface area contributed by atoms with Gasteiger partial charge in [-0.25, -0.2) is 4.39 Å². The van der Waals surface area contributed by atoms with Gasteiger partial charge in [-0.2, -0.15) is 18.3 Å². The number of rotatable bonds is 5. The van der Waals surface area contributed by atoms with Crippen LogP contribution in [0.3, 0.4) is 0 Å². The van der Waals surface area contributed by atoms with Gasteiger partial charge in [-0.05, 0) is 30.3 Å². The van der Waals surface area contributed by atoms with E-state index in [1.807, 2.05) is 6.07 Å². The maximum absolute atomic E-state index is 14.9. The zero-order chi connectivity index (χ0) is 27.9. The highest BCUT2D eigenvalue weighted by atomic mass is 19.4. The Morgan fingerprint density at radius 3 is 2.36 bits per heavy atom. The maximum Gasteiger partial charge on any atom is 0.417 e. The molecule has 2 aromatic heterocycles. The van der Waals surface area contributed by atoms with E-state index in [1.165, 1.54) is 30.9 Å². The Morgan fingerprint density at radius 2 is 1.74 bits per heavy atom. The van der Waals surface area contributed by atoms with Crippen molar-refractivity contribution in [1.29, 1.82) is 0 Å². The average molecular weight is 538 g/mol. The fraction of sp³-hybridized carbons (Fsp3) is 0.214. The number of aromatic nitrogens is 3. The minimum absolute atomic E-state index is 0.0226. The van der Waals surface area contributed by atoms with Crippen molar-refractivity contribution < 1.29 is 27.2 Å². The number of alkyl halides is 3. The summed E-state index contributed by atoms with van der Waals surface area (Å²) in [4.78, 5) is 31.2. The fourth-order valence-corrected chi connectivity index (χ4v) is 4.48. The molecule has 0 unspecified atom stereocenters. The maximum atomic E-state index is 14.9. The van der Waals surface area contributed by atoms with E-state index in [0.717, 1.165) is 11.8 Å². The Bertz CT molecular complexity index is 1560. The molecular formula is C28H23F4N5O2. The number of carbonyl (C=O) groups excluding carboxylic acids is 2. The Hall–Kier alpha value is -4.54. The van der Waals surface area contributed by atoms with Gasteiger partial charge in [0.05, 0.1) is 28.2 Å². The molecule has 200 valence electrons. The second-order valence-electron chi connectivity index (χ2n) is 9.32. The number of nitrogens with zero attached hydrogens (tertiary/aromatic N) is 4. The molecule has 0 radical (unpaired) electrons. The normalized spacial score (nSPS) is 13.7. The Kier molecular flexibility index (Phi) is 6.67. The molecule has 4 aromatic rings. The van der Waals surface area contributed by atoms with E-state index in [1.54, 1.807) is 41.3 Å². The predicted octanol–water partition coefficient (Wildman–Crippen LogP) is 5.51. The molecule has 0 saturated carbocycles. The number of nitrogens with one attached hydrogen (secondary N) is 1. The summed E-state index contributed by atoms with van der Waals surface area (Å²) in [6.45, 7) is 2.54. The SMILES string of the molecule is CC(=O)N1CC(c2ccc(NC(=O)c3cc(-c4ccn(C)n4)c(C(F)(F)F)cc3F)c(-c3ccccc3)n2)C1. The number of benzene rings is 2. The quantitative estimate of drug-likeness (QED) is 0.341. The van der Waals surface area contributed by atoms with E-state index in [4.69, 9.17) is 4.98 Å². The van der Waals surface area contributed by atoms with Crippen LogP contribution in [0.25, 0.3) is 22.5 Å². The van der Waals surface area contributed by atoms with Crippen LogP contribution in [0, 0.1) is 5.82 Å². The van der Waals surface area contributed by atoms with Crippen LogP contribution in [-0.2, 0) is 18.0 Å². The minimum atomic E-state index is -4.86. The number of hydrogen-bond acceptors (Lipinski definition) is 4. The lowest BCUT2D eigenvalue weighted by atomic mass is 9.94. The molecule has 1 fully saturated rings. The first-order valence-electron chi connectivity index (χ1n) is 12.0. The number of amides is 2. The van der Waals surface area contributed by atoms with Gasteiger partial charge in [0.25, 0.3) is 5.91 Å². The molecule has 1 N–H and O–H groups in total. The second-order valence-corrected chi connectivity index (χ2v) is 9.32. The third kappa shape index (κ3) is 5.25. The summed E-state index contributed by atoms with van der Waals surface area (Å²) in [6.07, 6.45) is -3.40. The number of hydrogen-bond donors (Lipinski definition) is 1. The van der Waals surface area contributed by atoms with Crippen molar-refractivity contribution in [2.24, 2.45) is 7.05 Å². The molecule has 0 spiro atoms. The molecule has 1 saturated heterocycles. The zero-order valence-electron chi connectivity index (χ0n) is 21.0. The highest BCUT2D eigenvalue weighted by Crippen LogP contribution is 2.38. The molecule has 0 atom stereocenters. The van der Waals surface area contributed by atoms with E-state index in [-0.39, 0.29) is 23.2 Å². The molecule has 3 heterocycles. The monoisotopic (exact) mass is 537 g/mol. The molecule has 2 amide bonds. The number of anilines is 1. The van der Waals surface area contributed by atoms with E-state index in [2.05, 4.69) is 10.4 Å². The van der Waals surface area contributed by atoms with Gasteiger partial charge in [0.2, 0.25) is 5.91 Å². The van der Waals surface area contributed by atoms with Gasteiger partial charge in [-0.15, -0.1) is 0 Å². The first-order valence-corrected chi connectivity index (χ1v) is 12.0. The van der Waals surface area contributed by atoms with Crippen molar-refractivity contribution in [3.63, 3.8) is 0 Å². The highest BCUT2D eigenvalue weighted by molar-refractivity contribution is 6.07. The Labute approximate surface area is 221 Å². The van der Waals surface area contributed by atoms with Crippen LogP contribution in [0.1, 0.15) is 34.5 Å². The summed E-state index contributed by atoms with van der Waals surface area (Å²) >= 11 is 0. The van der Waals surface area contributed by atoms with Gasteiger partial charge in [0, 0.05) is 56.0 Å². The first kappa shape index (κ1) is 26.1. The van der Waals surface area contributed by atoms with Crippen molar-refractivity contribution in [2.45, 2.75) is 19.0 Å². The van der Waals surface area contributed by atoms with E-state index < -0.39 is 34.6 Å². The van der Waals surface area contributed by atoms with Crippen LogP contribution in [0.5, 0.6) is 0 Å². The lowest BCUT2D eigenvalue weighted by Gasteiger charge is -2.38. The number of pyridine rings is 1. The van der Waals surface area contributed by atoms with Crippen molar-refractivity contribution in [3.05, 3.63) is 89.5 Å². The number of aryl methyl sites for hydroxylation is 1. The lowest BCUT2D eigenvalue weighted by Crippen LogP contribution is -2.47. The standard InChI is InChI=1S/C28H23F4N5O2/c1-16(38)37-14-18(15-37)23-8-9-25(26(33-23)17-6-4-3-5-7-17)34-27(39)20-12-19(24-10-11-36(2)35-24)21(13-22(20)29)28(30,31)32/h3-13,18H,14-15H2,1-2H3,(H,34,39).